The Bertz CT molecular complexity index is 478. The summed E-state index contributed by atoms with van der Waals surface area (Å²) < 4.78 is 0. The summed E-state index contributed by atoms with van der Waals surface area (Å²) in [5.41, 5.74) is 0.806. The van der Waals surface area contributed by atoms with Gasteiger partial charge in [0.1, 0.15) is 0 Å². The highest BCUT2D eigenvalue weighted by Crippen LogP contribution is 2.09. The Morgan fingerprint density at radius 1 is 1.39 bits per heavy atom. The molecule has 0 fully saturated rings. The van der Waals surface area contributed by atoms with Crippen LogP contribution in [0.1, 0.15) is 31.5 Å². The monoisotopic (exact) mass is 253 g/mol. The second-order valence-corrected chi connectivity index (χ2v) is 4.02. The van der Waals surface area contributed by atoms with E-state index in [-0.39, 0.29) is 18.4 Å². The van der Waals surface area contributed by atoms with E-state index in [1.54, 1.807) is 6.92 Å². The molecule has 100 valence electrons. The van der Waals surface area contributed by atoms with Crippen LogP contribution in [0.4, 0.5) is 5.95 Å². The van der Waals surface area contributed by atoms with Crippen LogP contribution in [0.15, 0.2) is 4.79 Å². The van der Waals surface area contributed by atoms with Gasteiger partial charge in [-0.1, -0.05) is 0 Å². The summed E-state index contributed by atoms with van der Waals surface area (Å²) in [5.74, 6) is -0.372. The lowest BCUT2D eigenvalue weighted by molar-refractivity contribution is -0.136. The zero-order valence-electron chi connectivity index (χ0n) is 11.0. The third-order valence-electron chi connectivity index (χ3n) is 2.86. The van der Waals surface area contributed by atoms with Gasteiger partial charge in [0.05, 0.1) is 0 Å². The first-order valence-electron chi connectivity index (χ1n) is 6.06. The maximum Gasteiger partial charge on any atom is 0.303 e. The van der Waals surface area contributed by atoms with Gasteiger partial charge in [0.15, 0.2) is 0 Å². The summed E-state index contributed by atoms with van der Waals surface area (Å²) in [6.45, 7) is 7.22. The molecule has 1 aromatic rings. The summed E-state index contributed by atoms with van der Waals surface area (Å²) in [7, 11) is 0. The SMILES string of the molecule is CCN(CC)c1nc(C)c(CCC(=O)O)c(=O)[nH]1. The number of carboxylic acids is 1. The molecule has 2 N–H and O–H groups in total. The maximum absolute atomic E-state index is 11.9. The highest BCUT2D eigenvalue weighted by Gasteiger charge is 2.12. The minimum absolute atomic E-state index is 0.0593. The van der Waals surface area contributed by atoms with Gasteiger partial charge < -0.3 is 10.0 Å². The van der Waals surface area contributed by atoms with Crippen molar-refractivity contribution in [2.24, 2.45) is 0 Å². The number of carbonyl (C=O) groups is 1. The molecule has 0 unspecified atom stereocenters. The molecule has 0 saturated carbocycles. The van der Waals surface area contributed by atoms with Crippen LogP contribution in [-0.2, 0) is 11.2 Å². The second kappa shape index (κ2) is 6.18. The Balaban J connectivity index is 3.04. The minimum atomic E-state index is -0.915. The van der Waals surface area contributed by atoms with Crippen molar-refractivity contribution in [3.8, 4) is 0 Å². The molecule has 6 heteroatoms. The molecule has 1 aromatic heterocycles. The van der Waals surface area contributed by atoms with Gasteiger partial charge in [-0.25, -0.2) is 4.98 Å². The lowest BCUT2D eigenvalue weighted by Crippen LogP contribution is -2.28. The number of nitrogens with one attached hydrogen (secondary N) is 1. The van der Waals surface area contributed by atoms with Gasteiger partial charge in [0, 0.05) is 30.8 Å². The standard InChI is InChI=1S/C12H19N3O3/c1-4-15(5-2)12-13-8(3)9(11(18)14-12)6-7-10(16)17/h4-7H2,1-3H3,(H,16,17)(H,13,14,18). The van der Waals surface area contributed by atoms with E-state index in [2.05, 4.69) is 9.97 Å². The largest absolute Gasteiger partial charge is 0.481 e. The van der Waals surface area contributed by atoms with E-state index in [1.165, 1.54) is 0 Å². The number of aryl methyl sites for hydroxylation is 1. The molecule has 0 saturated heterocycles. The molecular formula is C12H19N3O3. The molecule has 1 rings (SSSR count). The van der Waals surface area contributed by atoms with Crippen molar-refractivity contribution in [1.29, 1.82) is 0 Å². The first-order chi connectivity index (χ1) is 8.49. The lowest BCUT2D eigenvalue weighted by atomic mass is 10.1. The zero-order valence-corrected chi connectivity index (χ0v) is 11.0. The first kappa shape index (κ1) is 14.2. The number of hydrogen-bond donors (Lipinski definition) is 2. The van der Waals surface area contributed by atoms with Crippen LogP contribution in [0.25, 0.3) is 0 Å². The summed E-state index contributed by atoms with van der Waals surface area (Å²) >= 11 is 0. The summed E-state index contributed by atoms with van der Waals surface area (Å²) in [6.07, 6.45) is 0.151. The molecule has 0 aliphatic heterocycles. The van der Waals surface area contributed by atoms with Crippen molar-refractivity contribution in [1.82, 2.24) is 9.97 Å². The first-order valence-corrected chi connectivity index (χ1v) is 6.06. The van der Waals surface area contributed by atoms with Crippen LogP contribution in [0.3, 0.4) is 0 Å². The number of H-pyrrole nitrogens is 1. The molecule has 18 heavy (non-hydrogen) atoms. The number of nitrogens with zero attached hydrogens (tertiary/aromatic N) is 2. The van der Waals surface area contributed by atoms with Crippen molar-refractivity contribution < 1.29 is 9.90 Å². The van der Waals surface area contributed by atoms with Gasteiger partial charge in [-0.3, -0.25) is 14.6 Å². The maximum atomic E-state index is 11.9. The minimum Gasteiger partial charge on any atom is -0.481 e. The topological polar surface area (TPSA) is 86.3 Å². The van der Waals surface area contributed by atoms with E-state index >= 15 is 0 Å². The molecule has 0 bridgehead atoms. The molecule has 0 aliphatic rings. The third-order valence-corrected chi connectivity index (χ3v) is 2.86. The van der Waals surface area contributed by atoms with Crippen LogP contribution < -0.4 is 10.5 Å². The van der Waals surface area contributed by atoms with Gasteiger partial charge in [-0.2, -0.15) is 0 Å². The van der Waals surface area contributed by atoms with Crippen molar-refractivity contribution in [2.75, 3.05) is 18.0 Å². The Labute approximate surface area is 106 Å². The average molecular weight is 253 g/mol. The Hall–Kier alpha value is -1.85. The molecule has 0 aliphatic carbocycles. The normalized spacial score (nSPS) is 10.4. The molecule has 0 aromatic carbocycles. The van der Waals surface area contributed by atoms with Gasteiger partial charge in [-0.15, -0.1) is 0 Å². The molecule has 0 atom stereocenters. The smallest absolute Gasteiger partial charge is 0.303 e. The van der Waals surface area contributed by atoms with Crippen LogP contribution in [0.2, 0.25) is 0 Å². The van der Waals surface area contributed by atoms with Gasteiger partial charge in [-0.05, 0) is 27.2 Å². The fourth-order valence-electron chi connectivity index (χ4n) is 1.79. The molecule has 6 nitrogen and oxygen atoms in total. The van der Waals surface area contributed by atoms with Crippen molar-refractivity contribution >= 4 is 11.9 Å². The lowest BCUT2D eigenvalue weighted by Gasteiger charge is -2.19. The number of rotatable bonds is 6. The number of hydrogen-bond acceptors (Lipinski definition) is 4. The highest BCUT2D eigenvalue weighted by atomic mass is 16.4. The van der Waals surface area contributed by atoms with Crippen molar-refractivity contribution in [2.45, 2.75) is 33.6 Å². The summed E-state index contributed by atoms with van der Waals surface area (Å²) in [6, 6.07) is 0. The molecular weight excluding hydrogens is 234 g/mol. The molecule has 0 amide bonds. The Morgan fingerprint density at radius 2 is 2.00 bits per heavy atom. The number of aromatic amines is 1. The summed E-state index contributed by atoms with van der Waals surface area (Å²) in [5, 5.41) is 8.63. The fraction of sp³-hybridized carbons (Fsp3) is 0.583. The molecule has 0 radical (unpaired) electrons. The molecule has 0 spiro atoms. The van der Waals surface area contributed by atoms with Crippen LogP contribution >= 0.6 is 0 Å². The van der Waals surface area contributed by atoms with Gasteiger partial charge >= 0.3 is 5.97 Å². The third kappa shape index (κ3) is 3.32. The van der Waals surface area contributed by atoms with Crippen LogP contribution in [0.5, 0.6) is 0 Å². The van der Waals surface area contributed by atoms with E-state index < -0.39 is 5.97 Å². The zero-order chi connectivity index (χ0) is 13.7. The number of anilines is 1. The Kier molecular flexibility index (Phi) is 4.88. The van der Waals surface area contributed by atoms with E-state index in [0.717, 1.165) is 13.1 Å². The van der Waals surface area contributed by atoms with Crippen LogP contribution in [-0.4, -0.2) is 34.1 Å². The van der Waals surface area contributed by atoms with Gasteiger partial charge in [0.25, 0.3) is 5.56 Å². The van der Waals surface area contributed by atoms with Crippen LogP contribution in [0, 0.1) is 6.92 Å². The highest BCUT2D eigenvalue weighted by molar-refractivity contribution is 5.67. The second-order valence-electron chi connectivity index (χ2n) is 4.02. The van der Waals surface area contributed by atoms with E-state index in [1.807, 2.05) is 18.7 Å². The van der Waals surface area contributed by atoms with E-state index in [9.17, 15) is 9.59 Å². The predicted octanol–water partition coefficient (Wildman–Crippen LogP) is 0.942. The Morgan fingerprint density at radius 3 is 2.44 bits per heavy atom. The van der Waals surface area contributed by atoms with Crippen molar-refractivity contribution in [3.63, 3.8) is 0 Å². The average Bonchev–Trinajstić information content (AvgIpc) is 2.29. The van der Waals surface area contributed by atoms with E-state index in [0.29, 0.717) is 17.2 Å². The number of aromatic nitrogens is 2. The number of aliphatic carboxylic acids is 1. The quantitative estimate of drug-likeness (QED) is 0.788. The van der Waals surface area contributed by atoms with Gasteiger partial charge in [0.2, 0.25) is 5.95 Å². The molecule has 1 heterocycles. The van der Waals surface area contributed by atoms with E-state index in [4.69, 9.17) is 5.11 Å². The van der Waals surface area contributed by atoms with Crippen molar-refractivity contribution in [3.05, 3.63) is 21.6 Å². The summed E-state index contributed by atoms with van der Waals surface area (Å²) in [4.78, 5) is 31.4. The number of carboxylic acid groups (broad SMARTS) is 1. The fourth-order valence-corrected chi connectivity index (χ4v) is 1.79. The predicted molar refractivity (Wildman–Crippen MR) is 69.1 cm³/mol.